The molecule has 0 aliphatic carbocycles. The molecule has 98 heavy (non-hydrogen) atoms. The Labute approximate surface area is 575 Å². The van der Waals surface area contributed by atoms with E-state index in [-0.39, 0.29) is 0 Å². The third kappa shape index (κ3) is 14.7. The lowest BCUT2D eigenvalue weighted by Crippen LogP contribution is -2.04. The van der Waals surface area contributed by atoms with Crippen LogP contribution in [0.3, 0.4) is 0 Å². The van der Waals surface area contributed by atoms with Gasteiger partial charge in [-0.15, -0.1) is 0 Å². The van der Waals surface area contributed by atoms with Crippen molar-refractivity contribution >= 4 is 113 Å². The van der Waals surface area contributed by atoms with Gasteiger partial charge in [-0.3, -0.25) is 0 Å². The molecule has 0 heterocycles. The fourth-order valence-electron chi connectivity index (χ4n) is 13.9. The van der Waals surface area contributed by atoms with Crippen LogP contribution in [-0.2, 0) is 25.7 Å². The highest BCUT2D eigenvalue weighted by molar-refractivity contribution is 6.25. The van der Waals surface area contributed by atoms with Gasteiger partial charge in [0.1, 0.15) is 23.0 Å². The largest absolute Gasteiger partial charge is 0.493 e. The highest BCUT2D eigenvalue weighted by atomic mass is 16.5. The Morgan fingerprint density at radius 2 is 0.459 bits per heavy atom. The molecule has 0 unspecified atom stereocenters. The van der Waals surface area contributed by atoms with Gasteiger partial charge in [0.15, 0.2) is 0 Å². The highest BCUT2D eigenvalue weighted by Crippen LogP contribution is 2.41. The molecule has 0 bridgehead atoms. The monoisotopic (exact) mass is 1270 g/mol. The molecule has 0 aliphatic heterocycles. The van der Waals surface area contributed by atoms with Crippen LogP contribution in [-0.4, -0.2) is 26.4 Å². The molecule has 0 fully saturated rings. The molecule has 0 atom stereocenters. The zero-order valence-corrected chi connectivity index (χ0v) is 55.3. The molecule has 15 aromatic rings. The quantitative estimate of drug-likeness (QED) is 0.0278. The molecule has 0 aliphatic rings. The first-order chi connectivity index (χ1) is 48.6. The Morgan fingerprint density at radius 1 is 0.204 bits per heavy atom. The Kier molecular flexibility index (Phi) is 19.2. The average Bonchev–Trinajstić information content (AvgIpc) is 0.749. The zero-order chi connectivity index (χ0) is 65.7. The van der Waals surface area contributed by atoms with E-state index in [4.69, 9.17) is 18.9 Å². The summed E-state index contributed by atoms with van der Waals surface area (Å²) in [4.78, 5) is 0. The van der Waals surface area contributed by atoms with Crippen molar-refractivity contribution in [3.8, 4) is 23.0 Å². The molecule has 4 nitrogen and oxygen atoms in total. The first-order valence-electron chi connectivity index (χ1n) is 34.8. The van der Waals surface area contributed by atoms with Crippen molar-refractivity contribution in [2.24, 2.45) is 0 Å². The van der Waals surface area contributed by atoms with Gasteiger partial charge in [0.25, 0.3) is 0 Å². The van der Waals surface area contributed by atoms with Gasteiger partial charge >= 0.3 is 0 Å². The minimum Gasteiger partial charge on any atom is -0.493 e. The molecular weight excluding hydrogens is 1190 g/mol. The van der Waals surface area contributed by atoms with Crippen LogP contribution >= 0.6 is 0 Å². The van der Waals surface area contributed by atoms with E-state index in [1.54, 1.807) is 0 Å². The van der Waals surface area contributed by atoms with Crippen molar-refractivity contribution in [2.75, 3.05) is 26.4 Å². The van der Waals surface area contributed by atoms with Gasteiger partial charge in [0.05, 0.1) is 26.4 Å². The van der Waals surface area contributed by atoms with Crippen molar-refractivity contribution in [3.05, 3.63) is 346 Å². The third-order valence-corrected chi connectivity index (χ3v) is 19.0. The summed E-state index contributed by atoms with van der Waals surface area (Å²) in [6, 6.07) is 100. The normalized spacial score (nSPS) is 12.0. The first-order valence-corrected chi connectivity index (χ1v) is 34.8. The Bertz CT molecular complexity index is 4940. The number of aryl methyl sites for hydroxylation is 4. The van der Waals surface area contributed by atoms with Crippen LogP contribution in [0.4, 0.5) is 0 Å². The minimum absolute atomic E-state index is 0.566. The van der Waals surface area contributed by atoms with E-state index >= 15 is 0 Å². The Hall–Kier alpha value is -11.5. The standard InChI is InChI=1S/C94H78O4/c1-5-19-67(20-6-1)27-15-59-95-87-65-83(53-45-73-43-47-79-51-49-75-31-13-33-77-55-57-85(73)93(79)91(75)77)89(97-61-17-29-69-23-9-3-10-24-69)63-81(87)41-39-71-35-37-72(38-36-71)40-42-82-64-90(98-62-18-30-70-25-11-4-12-26-70)84(66-88(82)96-60-16-28-68-21-7-2-8-22-68)54-46-74-44-48-80-52-50-76-32-14-34-78-56-58-86(74)94(80)92(76)78/h1-14,19-26,31-58,63-66H,15-18,27-30,59-62H2/b41-39+,42-40+,53-45+,54-46+. The van der Waals surface area contributed by atoms with Crippen LogP contribution in [0.15, 0.2) is 279 Å². The van der Waals surface area contributed by atoms with Crippen molar-refractivity contribution in [1.82, 2.24) is 0 Å². The molecule has 0 saturated heterocycles. The SMILES string of the molecule is C(=C\c1cc(OCCCc2ccccc2)c(/C=C/c2ccc3ccc4cccc5ccc2c3c45)cc1OCCCc1ccccc1)/c1ccc(/C=C/c2cc(OCCCc3ccccc3)c(/C=C/c3ccc4ccc5cccc6ccc3c4c56)cc2OCCCc2ccccc2)cc1. The second-order valence-electron chi connectivity index (χ2n) is 25.6. The molecule has 0 aromatic heterocycles. The Balaban J connectivity index is 0.736. The maximum atomic E-state index is 6.84. The summed E-state index contributed by atoms with van der Waals surface area (Å²) in [7, 11) is 0. The minimum atomic E-state index is 0.566. The maximum Gasteiger partial charge on any atom is 0.127 e. The van der Waals surface area contributed by atoms with Crippen molar-refractivity contribution in [2.45, 2.75) is 51.4 Å². The summed E-state index contributed by atoms with van der Waals surface area (Å²) in [5.41, 5.74) is 13.5. The Morgan fingerprint density at radius 3 is 0.765 bits per heavy atom. The number of hydrogen-bond acceptors (Lipinski definition) is 4. The summed E-state index contributed by atoms with van der Waals surface area (Å²) in [5, 5.41) is 15.2. The van der Waals surface area contributed by atoms with Crippen molar-refractivity contribution in [1.29, 1.82) is 0 Å². The van der Waals surface area contributed by atoms with E-state index in [0.717, 1.165) is 119 Å². The molecule has 0 radical (unpaired) electrons. The van der Waals surface area contributed by atoms with Crippen LogP contribution in [0.25, 0.3) is 113 Å². The van der Waals surface area contributed by atoms with E-state index in [1.807, 2.05) is 0 Å². The van der Waals surface area contributed by atoms with Gasteiger partial charge in [0.2, 0.25) is 0 Å². The third-order valence-electron chi connectivity index (χ3n) is 19.0. The summed E-state index contributed by atoms with van der Waals surface area (Å²) < 4.78 is 27.4. The molecular formula is C94H78O4. The number of benzene rings is 15. The van der Waals surface area contributed by atoms with Gasteiger partial charge in [-0.2, -0.15) is 0 Å². The van der Waals surface area contributed by atoms with E-state index < -0.39 is 0 Å². The van der Waals surface area contributed by atoms with Crippen LogP contribution in [0.5, 0.6) is 23.0 Å². The summed E-state index contributed by atoms with van der Waals surface area (Å²) in [6.45, 7) is 2.27. The lowest BCUT2D eigenvalue weighted by molar-refractivity contribution is 0.301. The lowest BCUT2D eigenvalue weighted by Gasteiger charge is -2.16. The topological polar surface area (TPSA) is 36.9 Å². The van der Waals surface area contributed by atoms with Gasteiger partial charge in [-0.1, -0.05) is 303 Å². The average molecular weight is 1270 g/mol. The predicted octanol–water partition coefficient (Wildman–Crippen LogP) is 24.2. The second kappa shape index (κ2) is 30.1. The molecule has 0 saturated carbocycles. The van der Waals surface area contributed by atoms with Gasteiger partial charge in [0, 0.05) is 22.3 Å². The first kappa shape index (κ1) is 62.6. The van der Waals surface area contributed by atoms with Crippen LogP contribution in [0.1, 0.15) is 92.4 Å². The molecule has 15 aromatic carbocycles. The number of hydrogen-bond donors (Lipinski definition) is 0. The molecule has 15 rings (SSSR count). The predicted molar refractivity (Wildman–Crippen MR) is 416 cm³/mol. The molecule has 0 amide bonds. The fourth-order valence-corrected chi connectivity index (χ4v) is 13.9. The summed E-state index contributed by atoms with van der Waals surface area (Å²) in [5.74, 6) is 3.26. The number of ether oxygens (including phenoxy) is 4. The smallest absolute Gasteiger partial charge is 0.127 e. The van der Waals surface area contributed by atoms with Gasteiger partial charge in [-0.05, 0) is 185 Å². The second-order valence-corrected chi connectivity index (χ2v) is 25.6. The van der Waals surface area contributed by atoms with Crippen molar-refractivity contribution in [3.63, 3.8) is 0 Å². The van der Waals surface area contributed by atoms with Crippen molar-refractivity contribution < 1.29 is 18.9 Å². The van der Waals surface area contributed by atoms with E-state index in [1.165, 1.54) is 86.9 Å². The zero-order valence-electron chi connectivity index (χ0n) is 55.3. The molecule has 0 N–H and O–H groups in total. The summed E-state index contributed by atoms with van der Waals surface area (Å²) >= 11 is 0. The number of rotatable bonds is 28. The van der Waals surface area contributed by atoms with E-state index in [9.17, 15) is 0 Å². The maximum absolute atomic E-state index is 6.84. The fraction of sp³-hybridized carbons (Fsp3) is 0.128. The van der Waals surface area contributed by atoms with Crippen LogP contribution in [0.2, 0.25) is 0 Å². The molecule has 0 spiro atoms. The van der Waals surface area contributed by atoms with Crippen LogP contribution in [0, 0.1) is 0 Å². The van der Waals surface area contributed by atoms with Crippen LogP contribution < -0.4 is 18.9 Å². The lowest BCUT2D eigenvalue weighted by atomic mass is 9.92. The highest BCUT2D eigenvalue weighted by Gasteiger charge is 2.16. The van der Waals surface area contributed by atoms with E-state index in [0.29, 0.717) is 26.4 Å². The molecule has 4 heteroatoms. The molecule has 478 valence electrons. The van der Waals surface area contributed by atoms with Gasteiger partial charge in [-0.25, -0.2) is 0 Å². The van der Waals surface area contributed by atoms with Gasteiger partial charge < -0.3 is 18.9 Å². The van der Waals surface area contributed by atoms with E-state index in [2.05, 4.69) is 328 Å². The summed E-state index contributed by atoms with van der Waals surface area (Å²) in [6.07, 6.45) is 24.8.